The van der Waals surface area contributed by atoms with Gasteiger partial charge in [0.05, 0.1) is 23.4 Å². The van der Waals surface area contributed by atoms with E-state index in [2.05, 4.69) is 15.4 Å². The molecule has 8 nitrogen and oxygen atoms in total. The Morgan fingerprint density at radius 2 is 1.66 bits per heavy atom. The molecule has 0 atom stereocenters. The third-order valence-corrected chi connectivity index (χ3v) is 5.87. The molecule has 3 N–H and O–H groups in total. The van der Waals surface area contributed by atoms with Crippen molar-refractivity contribution in [3.8, 4) is 5.75 Å². The molecule has 32 heavy (non-hydrogen) atoms. The Labute approximate surface area is 190 Å². The molecule has 0 fully saturated rings. The van der Waals surface area contributed by atoms with Crippen LogP contribution in [0.1, 0.15) is 17.3 Å². The van der Waals surface area contributed by atoms with Gasteiger partial charge in [0.1, 0.15) is 5.75 Å². The summed E-state index contributed by atoms with van der Waals surface area (Å²) in [4.78, 5) is 24.0. The Kier molecular flexibility index (Phi) is 7.01. The molecule has 3 rings (SSSR count). The second-order valence-corrected chi connectivity index (χ2v) is 8.81. The molecule has 0 aliphatic rings. The van der Waals surface area contributed by atoms with Crippen molar-refractivity contribution in [3.05, 3.63) is 77.3 Å². The summed E-state index contributed by atoms with van der Waals surface area (Å²) in [5.41, 5.74) is 1.22. The van der Waals surface area contributed by atoms with Crippen LogP contribution < -0.4 is 20.1 Å². The predicted octanol–water partition coefficient (Wildman–Crippen LogP) is 4.36. The quantitative estimate of drug-likeness (QED) is 0.471. The van der Waals surface area contributed by atoms with Crippen LogP contribution in [0.2, 0.25) is 5.02 Å². The number of methoxy groups -OCH3 is 1. The van der Waals surface area contributed by atoms with E-state index in [4.69, 9.17) is 16.3 Å². The fraction of sp³-hybridized carbons (Fsp3) is 0.0909. The van der Waals surface area contributed by atoms with Crippen LogP contribution in [0.5, 0.6) is 5.75 Å². The zero-order valence-electron chi connectivity index (χ0n) is 17.2. The van der Waals surface area contributed by atoms with E-state index in [-0.39, 0.29) is 16.4 Å². The number of hydrogen-bond donors (Lipinski definition) is 3. The Morgan fingerprint density at radius 1 is 0.906 bits per heavy atom. The topological polar surface area (TPSA) is 114 Å². The van der Waals surface area contributed by atoms with Crippen LogP contribution in [0, 0.1) is 0 Å². The molecule has 0 radical (unpaired) electrons. The summed E-state index contributed by atoms with van der Waals surface area (Å²) in [6, 6.07) is 16.6. The summed E-state index contributed by atoms with van der Waals surface area (Å²) in [5.74, 6) is -0.390. The van der Waals surface area contributed by atoms with Crippen molar-refractivity contribution in [1.29, 1.82) is 0 Å². The summed E-state index contributed by atoms with van der Waals surface area (Å²) in [7, 11) is -2.48. The maximum atomic E-state index is 12.7. The number of amides is 2. The van der Waals surface area contributed by atoms with Gasteiger partial charge in [-0.3, -0.25) is 14.3 Å². The molecular weight excluding hydrogens is 454 g/mol. The number of hydrogen-bond acceptors (Lipinski definition) is 5. The lowest BCUT2D eigenvalue weighted by atomic mass is 10.2. The first-order valence-corrected chi connectivity index (χ1v) is 11.2. The number of nitrogens with one attached hydrogen (secondary N) is 3. The van der Waals surface area contributed by atoms with E-state index in [9.17, 15) is 18.0 Å². The molecular formula is C22H20ClN3O5S. The fourth-order valence-corrected chi connectivity index (χ4v) is 4.13. The fourth-order valence-electron chi connectivity index (χ4n) is 2.85. The number of benzene rings is 3. The van der Waals surface area contributed by atoms with Crippen molar-refractivity contribution >= 4 is 50.5 Å². The minimum atomic E-state index is -3.94. The van der Waals surface area contributed by atoms with E-state index >= 15 is 0 Å². The summed E-state index contributed by atoms with van der Waals surface area (Å²) in [5, 5.41) is 5.69. The maximum Gasteiger partial charge on any atom is 0.261 e. The highest BCUT2D eigenvalue weighted by Crippen LogP contribution is 2.28. The lowest BCUT2D eigenvalue weighted by molar-refractivity contribution is -0.114. The van der Waals surface area contributed by atoms with E-state index in [1.165, 1.54) is 44.4 Å². The highest BCUT2D eigenvalue weighted by Gasteiger charge is 2.17. The molecule has 0 saturated heterocycles. The molecule has 10 heteroatoms. The second-order valence-electron chi connectivity index (χ2n) is 6.69. The molecule has 3 aromatic carbocycles. The molecule has 0 unspecified atom stereocenters. The van der Waals surface area contributed by atoms with Crippen LogP contribution >= 0.6 is 11.6 Å². The van der Waals surface area contributed by atoms with Gasteiger partial charge in [0.15, 0.2) is 0 Å². The number of ether oxygens (including phenoxy) is 1. The van der Waals surface area contributed by atoms with Crippen molar-refractivity contribution in [2.24, 2.45) is 0 Å². The summed E-state index contributed by atoms with van der Waals surface area (Å²) in [6.07, 6.45) is 0. The van der Waals surface area contributed by atoms with E-state index in [0.717, 1.165) is 0 Å². The van der Waals surface area contributed by atoms with Gasteiger partial charge in [-0.1, -0.05) is 23.7 Å². The normalized spacial score (nSPS) is 10.8. The van der Waals surface area contributed by atoms with Gasteiger partial charge >= 0.3 is 0 Å². The number of anilines is 3. The molecule has 166 valence electrons. The number of carbonyl (C=O) groups excluding carboxylic acids is 2. The highest BCUT2D eigenvalue weighted by atomic mass is 35.5. The molecule has 0 aliphatic heterocycles. The van der Waals surface area contributed by atoms with Crippen LogP contribution in [0.3, 0.4) is 0 Å². The molecule has 0 spiro atoms. The first-order valence-electron chi connectivity index (χ1n) is 9.33. The monoisotopic (exact) mass is 473 g/mol. The smallest absolute Gasteiger partial charge is 0.261 e. The van der Waals surface area contributed by atoms with Gasteiger partial charge in [-0.25, -0.2) is 8.42 Å². The Morgan fingerprint density at radius 3 is 2.34 bits per heavy atom. The molecule has 3 aromatic rings. The average Bonchev–Trinajstić information content (AvgIpc) is 2.73. The van der Waals surface area contributed by atoms with Gasteiger partial charge in [-0.15, -0.1) is 0 Å². The van der Waals surface area contributed by atoms with E-state index in [1.807, 2.05) is 0 Å². The van der Waals surface area contributed by atoms with Crippen molar-refractivity contribution in [2.75, 3.05) is 22.5 Å². The number of halogens is 1. The Balaban J connectivity index is 1.82. The lowest BCUT2D eigenvalue weighted by Crippen LogP contribution is -2.16. The zero-order valence-corrected chi connectivity index (χ0v) is 18.8. The van der Waals surface area contributed by atoms with Crippen LogP contribution in [0.4, 0.5) is 17.1 Å². The summed E-state index contributed by atoms with van der Waals surface area (Å²) in [6.45, 7) is 1.36. The number of sulfonamides is 1. The lowest BCUT2D eigenvalue weighted by Gasteiger charge is -2.12. The van der Waals surface area contributed by atoms with Crippen LogP contribution in [-0.2, 0) is 14.8 Å². The predicted molar refractivity (Wildman–Crippen MR) is 124 cm³/mol. The zero-order chi connectivity index (χ0) is 23.3. The molecule has 0 heterocycles. The van der Waals surface area contributed by atoms with Gasteiger partial charge in [0, 0.05) is 23.2 Å². The molecule has 2 amide bonds. The molecule has 0 aromatic heterocycles. The van der Waals surface area contributed by atoms with E-state index in [0.29, 0.717) is 27.8 Å². The standard InChI is InChI=1S/C22H20ClN3O5S/c1-14(27)24-20-13-17(9-10-21(20)31-2)25-22(28)15-5-3-8-19(11-15)32(29,30)26-18-7-4-6-16(23)12-18/h3-13,26H,1-2H3,(H,24,27)(H,25,28). The van der Waals surface area contributed by atoms with Crippen molar-refractivity contribution in [2.45, 2.75) is 11.8 Å². The summed E-state index contributed by atoms with van der Waals surface area (Å²) >= 11 is 5.90. The van der Waals surface area contributed by atoms with Gasteiger partial charge in [0.2, 0.25) is 5.91 Å². The Bertz CT molecular complexity index is 1280. The van der Waals surface area contributed by atoms with E-state index in [1.54, 1.807) is 36.4 Å². The SMILES string of the molecule is COc1ccc(NC(=O)c2cccc(S(=O)(=O)Nc3cccc(Cl)c3)c2)cc1NC(C)=O. The first-order chi connectivity index (χ1) is 15.2. The van der Waals surface area contributed by atoms with Gasteiger partial charge < -0.3 is 15.4 Å². The molecule has 0 aliphatic carbocycles. The van der Waals surface area contributed by atoms with Crippen LogP contribution in [-0.4, -0.2) is 27.3 Å². The largest absolute Gasteiger partial charge is 0.495 e. The molecule has 0 bridgehead atoms. The summed E-state index contributed by atoms with van der Waals surface area (Å²) < 4.78 is 33.1. The maximum absolute atomic E-state index is 12.7. The first kappa shape index (κ1) is 23.1. The number of carbonyl (C=O) groups is 2. The second kappa shape index (κ2) is 9.71. The minimum Gasteiger partial charge on any atom is -0.495 e. The number of rotatable bonds is 7. The highest BCUT2D eigenvalue weighted by molar-refractivity contribution is 7.92. The Hall–Kier alpha value is -3.56. The third kappa shape index (κ3) is 5.77. The van der Waals surface area contributed by atoms with Gasteiger partial charge in [-0.2, -0.15) is 0 Å². The van der Waals surface area contributed by atoms with Crippen molar-refractivity contribution < 1.29 is 22.7 Å². The van der Waals surface area contributed by atoms with Crippen LogP contribution in [0.15, 0.2) is 71.6 Å². The van der Waals surface area contributed by atoms with Gasteiger partial charge in [-0.05, 0) is 54.6 Å². The van der Waals surface area contributed by atoms with Gasteiger partial charge in [0.25, 0.3) is 15.9 Å². The average molecular weight is 474 g/mol. The van der Waals surface area contributed by atoms with Crippen LogP contribution in [0.25, 0.3) is 0 Å². The van der Waals surface area contributed by atoms with Crippen molar-refractivity contribution in [1.82, 2.24) is 0 Å². The van der Waals surface area contributed by atoms with Crippen molar-refractivity contribution in [3.63, 3.8) is 0 Å². The molecule has 0 saturated carbocycles. The van der Waals surface area contributed by atoms with E-state index < -0.39 is 15.9 Å². The third-order valence-electron chi connectivity index (χ3n) is 4.25. The minimum absolute atomic E-state index is 0.0845.